The summed E-state index contributed by atoms with van der Waals surface area (Å²) in [4.78, 5) is 26.9. The number of aryl methyl sites for hydroxylation is 2. The molecule has 0 aromatic heterocycles. The summed E-state index contributed by atoms with van der Waals surface area (Å²) in [7, 11) is 0. The van der Waals surface area contributed by atoms with E-state index in [9.17, 15) is 14.0 Å². The van der Waals surface area contributed by atoms with Crippen molar-refractivity contribution in [2.45, 2.75) is 26.7 Å². The lowest BCUT2D eigenvalue weighted by molar-refractivity contribution is -0.121. The molecule has 0 spiro atoms. The fraction of sp³-hybridized carbons (Fsp3) is 0.333. The minimum atomic E-state index is -0.528. The second-order valence-corrected chi connectivity index (χ2v) is 6.88. The molecular weight excluding hydrogens is 331 g/mol. The first-order chi connectivity index (χ1) is 12.5. The third kappa shape index (κ3) is 3.93. The van der Waals surface area contributed by atoms with Gasteiger partial charge in [0, 0.05) is 18.8 Å². The SMILES string of the molecule is Cc1ccc(C)c(NC(=O)[C@H]2CCCN(C(=O)c3ccccc3F)C2)c1. The summed E-state index contributed by atoms with van der Waals surface area (Å²) >= 11 is 0. The van der Waals surface area contributed by atoms with Crippen LogP contribution in [-0.4, -0.2) is 29.8 Å². The maximum atomic E-state index is 13.9. The van der Waals surface area contributed by atoms with E-state index in [0.717, 1.165) is 29.7 Å². The van der Waals surface area contributed by atoms with Crippen LogP contribution >= 0.6 is 0 Å². The number of carbonyl (C=O) groups is 2. The number of nitrogens with one attached hydrogen (secondary N) is 1. The van der Waals surface area contributed by atoms with Crippen molar-refractivity contribution in [3.63, 3.8) is 0 Å². The van der Waals surface area contributed by atoms with Crippen molar-refractivity contribution >= 4 is 17.5 Å². The lowest BCUT2D eigenvalue weighted by Gasteiger charge is -2.32. The zero-order chi connectivity index (χ0) is 18.7. The Kier molecular flexibility index (Phi) is 5.35. The molecule has 2 amide bonds. The van der Waals surface area contributed by atoms with Gasteiger partial charge in [0.05, 0.1) is 11.5 Å². The molecule has 1 fully saturated rings. The molecule has 0 aliphatic carbocycles. The van der Waals surface area contributed by atoms with Gasteiger partial charge in [-0.1, -0.05) is 24.3 Å². The molecule has 5 heteroatoms. The Balaban J connectivity index is 1.70. The van der Waals surface area contributed by atoms with Gasteiger partial charge in [-0.25, -0.2) is 4.39 Å². The van der Waals surface area contributed by atoms with Crippen molar-refractivity contribution in [3.8, 4) is 0 Å². The molecule has 2 aromatic carbocycles. The molecule has 1 aliphatic rings. The molecule has 0 unspecified atom stereocenters. The van der Waals surface area contributed by atoms with E-state index in [1.165, 1.54) is 12.1 Å². The molecule has 0 bridgehead atoms. The summed E-state index contributed by atoms with van der Waals surface area (Å²) < 4.78 is 13.9. The Morgan fingerprint density at radius 2 is 1.92 bits per heavy atom. The Morgan fingerprint density at radius 1 is 1.15 bits per heavy atom. The van der Waals surface area contributed by atoms with Gasteiger partial charge in [-0.15, -0.1) is 0 Å². The van der Waals surface area contributed by atoms with E-state index in [-0.39, 0.29) is 23.3 Å². The number of carbonyl (C=O) groups excluding carboxylic acids is 2. The van der Waals surface area contributed by atoms with Crippen molar-refractivity contribution in [1.29, 1.82) is 0 Å². The van der Waals surface area contributed by atoms with Crippen molar-refractivity contribution < 1.29 is 14.0 Å². The highest BCUT2D eigenvalue weighted by molar-refractivity contribution is 5.96. The number of anilines is 1. The first-order valence-corrected chi connectivity index (χ1v) is 8.87. The largest absolute Gasteiger partial charge is 0.338 e. The second kappa shape index (κ2) is 7.68. The van der Waals surface area contributed by atoms with Gasteiger partial charge >= 0.3 is 0 Å². The van der Waals surface area contributed by atoms with E-state index < -0.39 is 5.82 Å². The Hall–Kier alpha value is -2.69. The fourth-order valence-electron chi connectivity index (χ4n) is 3.29. The molecule has 4 nitrogen and oxygen atoms in total. The minimum Gasteiger partial charge on any atom is -0.338 e. The molecule has 2 aromatic rings. The summed E-state index contributed by atoms with van der Waals surface area (Å²) in [6.07, 6.45) is 1.45. The van der Waals surface area contributed by atoms with Gasteiger partial charge in [0.1, 0.15) is 5.82 Å². The highest BCUT2D eigenvalue weighted by atomic mass is 19.1. The van der Waals surface area contributed by atoms with E-state index in [0.29, 0.717) is 13.1 Å². The van der Waals surface area contributed by atoms with Crippen LogP contribution in [0.25, 0.3) is 0 Å². The van der Waals surface area contributed by atoms with Gasteiger partial charge in [-0.3, -0.25) is 9.59 Å². The summed E-state index contributed by atoms with van der Waals surface area (Å²) in [5.41, 5.74) is 2.93. The lowest BCUT2D eigenvalue weighted by atomic mass is 9.96. The number of benzene rings is 2. The molecule has 1 heterocycles. The molecule has 0 radical (unpaired) electrons. The molecule has 1 N–H and O–H groups in total. The molecule has 26 heavy (non-hydrogen) atoms. The minimum absolute atomic E-state index is 0.0584. The number of nitrogens with zero attached hydrogens (tertiary/aromatic N) is 1. The molecule has 0 saturated carbocycles. The second-order valence-electron chi connectivity index (χ2n) is 6.88. The topological polar surface area (TPSA) is 49.4 Å². The van der Waals surface area contributed by atoms with Crippen LogP contribution in [0.1, 0.15) is 34.3 Å². The van der Waals surface area contributed by atoms with Gasteiger partial charge in [-0.2, -0.15) is 0 Å². The van der Waals surface area contributed by atoms with Gasteiger partial charge < -0.3 is 10.2 Å². The van der Waals surface area contributed by atoms with E-state index in [1.807, 2.05) is 32.0 Å². The smallest absolute Gasteiger partial charge is 0.256 e. The van der Waals surface area contributed by atoms with Gasteiger partial charge in [0.2, 0.25) is 5.91 Å². The highest BCUT2D eigenvalue weighted by Crippen LogP contribution is 2.23. The molecule has 1 saturated heterocycles. The molecule has 1 atom stereocenters. The van der Waals surface area contributed by atoms with Gasteiger partial charge in [0.15, 0.2) is 0 Å². The number of piperidine rings is 1. The predicted molar refractivity (Wildman–Crippen MR) is 99.6 cm³/mol. The average Bonchev–Trinajstić information content (AvgIpc) is 2.64. The maximum absolute atomic E-state index is 13.9. The van der Waals surface area contributed by atoms with Crippen LogP contribution in [0.15, 0.2) is 42.5 Å². The molecule has 1 aliphatic heterocycles. The van der Waals surface area contributed by atoms with E-state index in [2.05, 4.69) is 5.32 Å². The standard InChI is InChI=1S/C21H23FN2O2/c1-14-9-10-15(2)19(12-14)23-20(25)16-6-5-11-24(13-16)21(26)17-7-3-4-8-18(17)22/h3-4,7-10,12,16H,5-6,11,13H2,1-2H3,(H,23,25)/t16-/m0/s1. The van der Waals surface area contributed by atoms with Crippen LogP contribution in [0, 0.1) is 25.6 Å². The first-order valence-electron chi connectivity index (χ1n) is 8.87. The third-order valence-corrected chi connectivity index (χ3v) is 4.83. The van der Waals surface area contributed by atoms with E-state index in [4.69, 9.17) is 0 Å². The van der Waals surface area contributed by atoms with Crippen molar-refractivity contribution in [2.75, 3.05) is 18.4 Å². The van der Waals surface area contributed by atoms with Crippen LogP contribution in [0.4, 0.5) is 10.1 Å². The maximum Gasteiger partial charge on any atom is 0.256 e. The summed E-state index contributed by atoms with van der Waals surface area (Å²) in [6.45, 7) is 4.78. The van der Waals surface area contributed by atoms with Crippen molar-refractivity contribution in [1.82, 2.24) is 4.90 Å². The predicted octanol–water partition coefficient (Wildman–Crippen LogP) is 3.93. The fourth-order valence-corrected chi connectivity index (χ4v) is 3.29. The van der Waals surface area contributed by atoms with Crippen LogP contribution in [0.2, 0.25) is 0 Å². The normalized spacial score (nSPS) is 17.0. The lowest BCUT2D eigenvalue weighted by Crippen LogP contribution is -2.44. The quantitative estimate of drug-likeness (QED) is 0.908. The van der Waals surface area contributed by atoms with Crippen LogP contribution in [0.5, 0.6) is 0 Å². The number of rotatable bonds is 3. The monoisotopic (exact) mass is 354 g/mol. The Morgan fingerprint density at radius 3 is 2.69 bits per heavy atom. The Bertz CT molecular complexity index is 835. The van der Waals surface area contributed by atoms with E-state index in [1.54, 1.807) is 17.0 Å². The first kappa shape index (κ1) is 18.1. The summed E-state index contributed by atoms with van der Waals surface area (Å²) in [5.74, 6) is -1.27. The number of likely N-dealkylation sites (tertiary alicyclic amines) is 1. The Labute approximate surface area is 153 Å². The zero-order valence-electron chi connectivity index (χ0n) is 15.1. The summed E-state index contributed by atoms with van der Waals surface area (Å²) in [6, 6.07) is 11.9. The van der Waals surface area contributed by atoms with Crippen molar-refractivity contribution in [3.05, 3.63) is 65.0 Å². The average molecular weight is 354 g/mol. The molecule has 136 valence electrons. The summed E-state index contributed by atoms with van der Waals surface area (Å²) in [5, 5.41) is 2.98. The van der Waals surface area contributed by atoms with Crippen LogP contribution in [-0.2, 0) is 4.79 Å². The van der Waals surface area contributed by atoms with E-state index >= 15 is 0 Å². The number of halogens is 1. The third-order valence-electron chi connectivity index (χ3n) is 4.83. The zero-order valence-corrected chi connectivity index (χ0v) is 15.1. The molecule has 3 rings (SSSR count). The van der Waals surface area contributed by atoms with Crippen molar-refractivity contribution in [2.24, 2.45) is 5.92 Å². The van der Waals surface area contributed by atoms with Gasteiger partial charge in [-0.05, 0) is 56.0 Å². The molecular formula is C21H23FN2O2. The number of amides is 2. The van der Waals surface area contributed by atoms with Crippen LogP contribution < -0.4 is 5.32 Å². The van der Waals surface area contributed by atoms with Gasteiger partial charge in [0.25, 0.3) is 5.91 Å². The number of hydrogen-bond acceptors (Lipinski definition) is 2. The number of hydrogen-bond donors (Lipinski definition) is 1. The van der Waals surface area contributed by atoms with Crippen LogP contribution in [0.3, 0.4) is 0 Å². The highest BCUT2D eigenvalue weighted by Gasteiger charge is 2.30.